The monoisotopic (exact) mass is 192 g/mol. The molecule has 74 valence electrons. The summed E-state index contributed by atoms with van der Waals surface area (Å²) in [5, 5.41) is 17.7. The number of aliphatic carboxylic acids is 1. The van der Waals surface area contributed by atoms with E-state index in [1.807, 2.05) is 30.3 Å². The lowest BCUT2D eigenvalue weighted by molar-refractivity contribution is -0.144. The summed E-state index contributed by atoms with van der Waals surface area (Å²) in [7, 11) is 0. The van der Waals surface area contributed by atoms with E-state index in [-0.39, 0.29) is 0 Å². The highest BCUT2D eigenvalue weighted by atomic mass is 16.4. The van der Waals surface area contributed by atoms with Crippen LogP contribution in [0.1, 0.15) is 12.5 Å². The van der Waals surface area contributed by atoms with Gasteiger partial charge in [-0.3, -0.25) is 0 Å². The topological polar surface area (TPSA) is 57.5 Å². The second kappa shape index (κ2) is 4.58. The van der Waals surface area contributed by atoms with Crippen LogP contribution in [0.2, 0.25) is 0 Å². The van der Waals surface area contributed by atoms with Crippen molar-refractivity contribution < 1.29 is 15.0 Å². The van der Waals surface area contributed by atoms with Gasteiger partial charge in [-0.15, -0.1) is 0 Å². The minimum atomic E-state index is -1.42. The van der Waals surface area contributed by atoms with Crippen LogP contribution in [0.3, 0.4) is 0 Å². The molecule has 0 amide bonds. The van der Waals surface area contributed by atoms with E-state index in [4.69, 9.17) is 5.11 Å². The molecule has 0 aromatic heterocycles. The van der Waals surface area contributed by atoms with E-state index in [2.05, 4.69) is 0 Å². The Kier molecular flexibility index (Phi) is 3.42. The molecule has 1 rings (SSSR count). The van der Waals surface area contributed by atoms with Crippen LogP contribution in [0.15, 0.2) is 35.9 Å². The number of hydrogen-bond acceptors (Lipinski definition) is 2. The smallest absolute Gasteiger partial charge is 0.336 e. The summed E-state index contributed by atoms with van der Waals surface area (Å²) in [6.45, 7) is 1.59. The Labute approximate surface area is 82.3 Å². The van der Waals surface area contributed by atoms with Crippen LogP contribution in [-0.2, 0) is 4.79 Å². The van der Waals surface area contributed by atoms with Crippen LogP contribution in [0.5, 0.6) is 0 Å². The third-order valence-corrected chi connectivity index (χ3v) is 1.86. The van der Waals surface area contributed by atoms with Gasteiger partial charge < -0.3 is 10.2 Å². The number of benzene rings is 1. The zero-order chi connectivity index (χ0) is 10.6. The molecule has 2 N–H and O–H groups in total. The molecule has 1 atom stereocenters. The van der Waals surface area contributed by atoms with Gasteiger partial charge in [0.1, 0.15) is 0 Å². The molecule has 0 saturated heterocycles. The molecule has 0 spiro atoms. The molecule has 0 saturated carbocycles. The molecular weight excluding hydrogens is 180 g/mol. The molecule has 3 heteroatoms. The van der Waals surface area contributed by atoms with Crippen LogP contribution in [0, 0.1) is 0 Å². The molecule has 1 aromatic carbocycles. The first-order valence-electron chi connectivity index (χ1n) is 4.25. The first kappa shape index (κ1) is 10.5. The van der Waals surface area contributed by atoms with Gasteiger partial charge in [0.05, 0.1) is 0 Å². The van der Waals surface area contributed by atoms with E-state index in [1.54, 1.807) is 13.0 Å². The standard InChI is InChI=1S/C11H12O3/c1-8(10(12)11(13)14)7-9-5-3-2-4-6-9/h2-7,10,12H,1H3,(H,13,14). The van der Waals surface area contributed by atoms with Crippen molar-refractivity contribution in [3.63, 3.8) is 0 Å². The number of carbonyl (C=O) groups is 1. The quantitative estimate of drug-likeness (QED) is 0.763. The maximum atomic E-state index is 10.4. The summed E-state index contributed by atoms with van der Waals surface area (Å²) in [6.07, 6.45) is 0.230. The van der Waals surface area contributed by atoms with E-state index < -0.39 is 12.1 Å². The average Bonchev–Trinajstić information content (AvgIpc) is 2.18. The maximum absolute atomic E-state index is 10.4. The highest BCUT2D eigenvalue weighted by molar-refractivity contribution is 5.77. The molecular formula is C11H12O3. The number of carboxylic acid groups (broad SMARTS) is 1. The Bertz CT molecular complexity index is 341. The largest absolute Gasteiger partial charge is 0.479 e. The lowest BCUT2D eigenvalue weighted by atomic mass is 10.1. The fourth-order valence-electron chi connectivity index (χ4n) is 1.09. The minimum Gasteiger partial charge on any atom is -0.479 e. The van der Waals surface area contributed by atoms with Crippen LogP contribution in [0.4, 0.5) is 0 Å². The Morgan fingerprint density at radius 3 is 2.43 bits per heavy atom. The van der Waals surface area contributed by atoms with Gasteiger partial charge in [-0.05, 0) is 18.1 Å². The summed E-state index contributed by atoms with van der Waals surface area (Å²) in [4.78, 5) is 10.4. The highest BCUT2D eigenvalue weighted by Gasteiger charge is 2.14. The van der Waals surface area contributed by atoms with E-state index in [1.165, 1.54) is 0 Å². The van der Waals surface area contributed by atoms with Crippen molar-refractivity contribution in [1.82, 2.24) is 0 Å². The van der Waals surface area contributed by atoms with Crippen molar-refractivity contribution >= 4 is 12.0 Å². The minimum absolute atomic E-state index is 0.420. The zero-order valence-electron chi connectivity index (χ0n) is 7.84. The first-order chi connectivity index (χ1) is 6.61. The summed E-state index contributed by atoms with van der Waals surface area (Å²) in [6, 6.07) is 9.27. The van der Waals surface area contributed by atoms with Crippen LogP contribution >= 0.6 is 0 Å². The first-order valence-corrected chi connectivity index (χ1v) is 4.25. The van der Waals surface area contributed by atoms with Gasteiger partial charge in [0, 0.05) is 0 Å². The molecule has 3 nitrogen and oxygen atoms in total. The molecule has 14 heavy (non-hydrogen) atoms. The lowest BCUT2D eigenvalue weighted by Gasteiger charge is -2.05. The van der Waals surface area contributed by atoms with Gasteiger partial charge in [-0.2, -0.15) is 0 Å². The summed E-state index contributed by atoms with van der Waals surface area (Å²) < 4.78 is 0. The third kappa shape index (κ3) is 2.71. The van der Waals surface area contributed by atoms with Gasteiger partial charge >= 0.3 is 5.97 Å². The molecule has 0 aliphatic heterocycles. The number of hydrogen-bond donors (Lipinski definition) is 2. The van der Waals surface area contributed by atoms with Crippen LogP contribution in [-0.4, -0.2) is 22.3 Å². The van der Waals surface area contributed by atoms with Gasteiger partial charge in [-0.25, -0.2) is 4.79 Å². The third-order valence-electron chi connectivity index (χ3n) is 1.86. The number of aliphatic hydroxyl groups is 1. The Hall–Kier alpha value is -1.61. The van der Waals surface area contributed by atoms with Gasteiger partial charge in [0.2, 0.25) is 0 Å². The fourth-order valence-corrected chi connectivity index (χ4v) is 1.09. The van der Waals surface area contributed by atoms with Crippen molar-refractivity contribution in [2.45, 2.75) is 13.0 Å². The van der Waals surface area contributed by atoms with E-state index >= 15 is 0 Å². The van der Waals surface area contributed by atoms with Crippen molar-refractivity contribution in [2.75, 3.05) is 0 Å². The summed E-state index contributed by atoms with van der Waals surface area (Å²) in [5.41, 5.74) is 1.30. The molecule has 0 bridgehead atoms. The van der Waals surface area contributed by atoms with Crippen molar-refractivity contribution in [1.29, 1.82) is 0 Å². The highest BCUT2D eigenvalue weighted by Crippen LogP contribution is 2.09. The van der Waals surface area contributed by atoms with E-state index in [9.17, 15) is 9.90 Å². The van der Waals surface area contributed by atoms with Gasteiger partial charge in [0.25, 0.3) is 0 Å². The SMILES string of the molecule is CC(=Cc1ccccc1)C(O)C(=O)O. The van der Waals surface area contributed by atoms with Gasteiger partial charge in [-0.1, -0.05) is 36.4 Å². The number of rotatable bonds is 3. The molecule has 1 unspecified atom stereocenters. The van der Waals surface area contributed by atoms with E-state index in [0.717, 1.165) is 5.56 Å². The van der Waals surface area contributed by atoms with E-state index in [0.29, 0.717) is 5.57 Å². The normalized spacial score (nSPS) is 13.7. The van der Waals surface area contributed by atoms with Crippen LogP contribution < -0.4 is 0 Å². The number of carboxylic acids is 1. The van der Waals surface area contributed by atoms with Crippen molar-refractivity contribution in [3.8, 4) is 0 Å². The Balaban J connectivity index is 2.84. The van der Waals surface area contributed by atoms with Crippen molar-refractivity contribution in [2.24, 2.45) is 0 Å². The number of aliphatic hydroxyl groups excluding tert-OH is 1. The summed E-state index contributed by atoms with van der Waals surface area (Å²) in [5.74, 6) is -1.23. The predicted octanol–water partition coefficient (Wildman–Crippen LogP) is 1.54. The van der Waals surface area contributed by atoms with Gasteiger partial charge in [0.15, 0.2) is 6.10 Å². The Morgan fingerprint density at radius 2 is 1.93 bits per heavy atom. The second-order valence-electron chi connectivity index (χ2n) is 3.04. The molecule has 1 aromatic rings. The van der Waals surface area contributed by atoms with Crippen LogP contribution in [0.25, 0.3) is 6.08 Å². The fraction of sp³-hybridized carbons (Fsp3) is 0.182. The zero-order valence-corrected chi connectivity index (χ0v) is 7.84. The Morgan fingerprint density at radius 1 is 1.36 bits per heavy atom. The predicted molar refractivity (Wildman–Crippen MR) is 53.7 cm³/mol. The average molecular weight is 192 g/mol. The second-order valence-corrected chi connectivity index (χ2v) is 3.04. The lowest BCUT2D eigenvalue weighted by Crippen LogP contribution is -2.20. The molecule has 0 heterocycles. The molecule has 0 aliphatic carbocycles. The molecule has 0 radical (unpaired) electrons. The molecule has 0 fully saturated rings. The summed E-state index contributed by atoms with van der Waals surface area (Å²) >= 11 is 0. The molecule has 0 aliphatic rings. The van der Waals surface area contributed by atoms with Crippen molar-refractivity contribution in [3.05, 3.63) is 41.5 Å². The maximum Gasteiger partial charge on any atom is 0.336 e.